The Morgan fingerprint density at radius 2 is 1.71 bits per heavy atom. The van der Waals surface area contributed by atoms with Crippen molar-refractivity contribution in [1.29, 1.82) is 0 Å². The number of likely N-dealkylation sites (tertiary alicyclic amines) is 1. The molecule has 0 aliphatic carbocycles. The highest BCUT2D eigenvalue weighted by atomic mass is 16.4. The van der Waals surface area contributed by atoms with E-state index in [0.29, 0.717) is 0 Å². The lowest BCUT2D eigenvalue weighted by Gasteiger charge is -2.17. The number of hydrogen-bond acceptors (Lipinski definition) is 2. The van der Waals surface area contributed by atoms with Crippen LogP contribution >= 0.6 is 0 Å². The molecule has 0 aromatic heterocycles. The van der Waals surface area contributed by atoms with Gasteiger partial charge in [0.25, 0.3) is 0 Å². The molecule has 1 aliphatic heterocycles. The second-order valence-electron chi connectivity index (χ2n) is 4.30. The van der Waals surface area contributed by atoms with Crippen molar-refractivity contribution in [2.24, 2.45) is 0 Å². The molecule has 2 unspecified atom stereocenters. The molecule has 5 heteroatoms. The molecule has 0 bridgehead atoms. The first-order valence-electron chi connectivity index (χ1n) is 6.29. The smallest absolute Gasteiger partial charge is 0.303 e. The molecule has 0 spiro atoms. The Morgan fingerprint density at radius 1 is 1.18 bits per heavy atom. The van der Waals surface area contributed by atoms with Gasteiger partial charge in [0.1, 0.15) is 0 Å². The molecule has 3 N–H and O–H groups in total. The van der Waals surface area contributed by atoms with E-state index >= 15 is 0 Å². The van der Waals surface area contributed by atoms with Crippen LogP contribution < -0.4 is 4.90 Å². The van der Waals surface area contributed by atoms with Crippen LogP contribution in [0.1, 0.15) is 46.0 Å². The Bertz CT molecular complexity index is 219. The van der Waals surface area contributed by atoms with Gasteiger partial charge in [0, 0.05) is 12.8 Å². The molecular weight excluding hydrogens is 222 g/mol. The van der Waals surface area contributed by atoms with Crippen LogP contribution in [0.4, 0.5) is 0 Å². The Kier molecular flexibility index (Phi) is 8.40. The van der Waals surface area contributed by atoms with Crippen molar-refractivity contribution < 1.29 is 24.7 Å². The molecule has 0 amide bonds. The third kappa shape index (κ3) is 7.74. The van der Waals surface area contributed by atoms with Gasteiger partial charge in [-0.3, -0.25) is 9.59 Å². The van der Waals surface area contributed by atoms with Gasteiger partial charge >= 0.3 is 11.9 Å². The first-order valence-corrected chi connectivity index (χ1v) is 6.29. The summed E-state index contributed by atoms with van der Waals surface area (Å²) < 4.78 is 0. The standard InChI is InChI=1S/C8H17N.C4H6O4/c1-3-8-6-5-7-9(8)4-2;5-3(6)1-2-4(7)8/h8H,3-7H2,1-2H3;1-2H2,(H,5,6)(H,7,8)/p+1. The van der Waals surface area contributed by atoms with E-state index < -0.39 is 11.9 Å². The first kappa shape index (κ1) is 15.9. The van der Waals surface area contributed by atoms with Crippen molar-refractivity contribution in [2.45, 2.75) is 52.0 Å². The average Bonchev–Trinajstić information content (AvgIpc) is 2.74. The summed E-state index contributed by atoms with van der Waals surface area (Å²) in [5.74, 6) is -2.15. The van der Waals surface area contributed by atoms with E-state index in [9.17, 15) is 9.59 Å². The molecule has 0 aromatic carbocycles. The maximum absolute atomic E-state index is 9.64. The van der Waals surface area contributed by atoms with Crippen molar-refractivity contribution in [3.05, 3.63) is 0 Å². The largest absolute Gasteiger partial charge is 0.481 e. The van der Waals surface area contributed by atoms with Gasteiger partial charge in [-0.15, -0.1) is 0 Å². The summed E-state index contributed by atoms with van der Waals surface area (Å²) in [5, 5.41) is 15.8. The zero-order valence-corrected chi connectivity index (χ0v) is 10.7. The van der Waals surface area contributed by atoms with Gasteiger partial charge in [0.2, 0.25) is 0 Å². The third-order valence-corrected chi connectivity index (χ3v) is 3.13. The number of hydrogen-bond donors (Lipinski definition) is 3. The van der Waals surface area contributed by atoms with Crippen LogP contribution in [0.5, 0.6) is 0 Å². The van der Waals surface area contributed by atoms with Gasteiger partial charge in [-0.25, -0.2) is 0 Å². The van der Waals surface area contributed by atoms with Crippen molar-refractivity contribution in [1.82, 2.24) is 0 Å². The second kappa shape index (κ2) is 8.98. The molecule has 1 fully saturated rings. The van der Waals surface area contributed by atoms with Gasteiger partial charge in [-0.1, -0.05) is 6.92 Å². The lowest BCUT2D eigenvalue weighted by Crippen LogP contribution is -3.13. The summed E-state index contributed by atoms with van der Waals surface area (Å²) in [7, 11) is 0. The van der Waals surface area contributed by atoms with E-state index in [1.807, 2.05) is 4.90 Å². The molecule has 0 aromatic rings. The number of carboxylic acid groups (broad SMARTS) is 2. The molecule has 1 aliphatic rings. The first-order chi connectivity index (χ1) is 8.01. The minimum Gasteiger partial charge on any atom is -0.481 e. The number of quaternary nitrogens is 1. The van der Waals surface area contributed by atoms with Crippen molar-refractivity contribution in [3.8, 4) is 0 Å². The van der Waals surface area contributed by atoms with E-state index in [1.54, 1.807) is 0 Å². The SMILES string of the molecule is CCC1CCC[NH+]1CC.O=C(O)CCC(=O)O. The van der Waals surface area contributed by atoms with Crippen LogP contribution in [0, 0.1) is 0 Å². The normalized spacial score (nSPS) is 22.7. The van der Waals surface area contributed by atoms with Crippen LogP contribution in [-0.4, -0.2) is 41.3 Å². The molecule has 17 heavy (non-hydrogen) atoms. The van der Waals surface area contributed by atoms with Gasteiger partial charge in [-0.05, 0) is 13.3 Å². The summed E-state index contributed by atoms with van der Waals surface area (Å²) in [6, 6.07) is 0.995. The summed E-state index contributed by atoms with van der Waals surface area (Å²) in [5.41, 5.74) is 0. The lowest BCUT2D eigenvalue weighted by molar-refractivity contribution is -0.910. The van der Waals surface area contributed by atoms with Crippen LogP contribution in [0.2, 0.25) is 0 Å². The third-order valence-electron chi connectivity index (χ3n) is 3.13. The van der Waals surface area contributed by atoms with E-state index in [0.717, 1.165) is 6.04 Å². The van der Waals surface area contributed by atoms with Gasteiger partial charge in [0.15, 0.2) is 0 Å². The maximum atomic E-state index is 9.64. The fraction of sp³-hybridized carbons (Fsp3) is 0.833. The van der Waals surface area contributed by atoms with E-state index in [-0.39, 0.29) is 12.8 Å². The molecule has 100 valence electrons. The Hall–Kier alpha value is -1.10. The Morgan fingerprint density at radius 3 is 2.00 bits per heavy atom. The zero-order valence-electron chi connectivity index (χ0n) is 10.7. The molecular formula is C12H24NO4+. The lowest BCUT2D eigenvalue weighted by atomic mass is 10.2. The molecule has 1 heterocycles. The van der Waals surface area contributed by atoms with Gasteiger partial charge in [0.05, 0.1) is 32.0 Å². The molecule has 1 rings (SSSR count). The summed E-state index contributed by atoms with van der Waals surface area (Å²) >= 11 is 0. The Labute approximate surface area is 102 Å². The summed E-state index contributed by atoms with van der Waals surface area (Å²) in [4.78, 5) is 21.1. The Balaban J connectivity index is 0.000000304. The van der Waals surface area contributed by atoms with Crippen LogP contribution in [0.15, 0.2) is 0 Å². The fourth-order valence-corrected chi connectivity index (χ4v) is 2.16. The zero-order chi connectivity index (χ0) is 13.3. The summed E-state index contributed by atoms with van der Waals surface area (Å²) in [6.07, 6.45) is 3.72. The average molecular weight is 246 g/mol. The number of aliphatic carboxylic acids is 2. The van der Waals surface area contributed by atoms with E-state index in [4.69, 9.17) is 10.2 Å². The molecule has 1 saturated heterocycles. The highest BCUT2D eigenvalue weighted by Crippen LogP contribution is 2.02. The number of rotatable bonds is 5. The van der Waals surface area contributed by atoms with Crippen LogP contribution in [-0.2, 0) is 9.59 Å². The van der Waals surface area contributed by atoms with Crippen LogP contribution in [0.25, 0.3) is 0 Å². The van der Waals surface area contributed by atoms with E-state index in [2.05, 4.69) is 13.8 Å². The molecule has 2 atom stereocenters. The molecule has 0 saturated carbocycles. The molecule has 0 radical (unpaired) electrons. The highest BCUT2D eigenvalue weighted by Gasteiger charge is 2.24. The summed E-state index contributed by atoms with van der Waals surface area (Å²) in [6.45, 7) is 7.36. The second-order valence-corrected chi connectivity index (χ2v) is 4.30. The van der Waals surface area contributed by atoms with Crippen molar-refractivity contribution in [3.63, 3.8) is 0 Å². The number of carboxylic acids is 2. The van der Waals surface area contributed by atoms with Gasteiger partial charge in [-0.2, -0.15) is 0 Å². The number of carbonyl (C=O) groups is 2. The minimum atomic E-state index is -1.08. The monoisotopic (exact) mass is 246 g/mol. The topological polar surface area (TPSA) is 79.0 Å². The number of nitrogens with one attached hydrogen (secondary N) is 1. The quantitative estimate of drug-likeness (QED) is 0.656. The van der Waals surface area contributed by atoms with Gasteiger partial charge < -0.3 is 15.1 Å². The van der Waals surface area contributed by atoms with E-state index in [1.165, 1.54) is 32.4 Å². The van der Waals surface area contributed by atoms with Crippen molar-refractivity contribution >= 4 is 11.9 Å². The van der Waals surface area contributed by atoms with Crippen LogP contribution in [0.3, 0.4) is 0 Å². The predicted molar refractivity (Wildman–Crippen MR) is 64.2 cm³/mol. The maximum Gasteiger partial charge on any atom is 0.303 e. The minimum absolute atomic E-state index is 0.296. The van der Waals surface area contributed by atoms with Crippen molar-refractivity contribution in [2.75, 3.05) is 13.1 Å². The molecule has 5 nitrogen and oxygen atoms in total. The highest BCUT2D eigenvalue weighted by molar-refractivity contribution is 5.75. The fourth-order valence-electron chi connectivity index (χ4n) is 2.16. The predicted octanol–water partition coefficient (Wildman–Crippen LogP) is 0.399.